The zero-order chi connectivity index (χ0) is 7.02. The molecule has 3 nitrogen and oxygen atoms in total. The number of aromatic amines is 1. The van der Waals surface area contributed by atoms with Crippen LogP contribution in [-0.4, -0.2) is 9.55 Å². The second-order valence-electron chi connectivity index (χ2n) is 1.63. The molecule has 1 heterocycles. The molecule has 0 aliphatic carbocycles. The van der Waals surface area contributed by atoms with Gasteiger partial charge < -0.3 is 0 Å². The molecule has 0 bridgehead atoms. The van der Waals surface area contributed by atoms with Crippen LogP contribution >= 0.6 is 35.2 Å². The molecule has 0 fully saturated rings. The molecular weight excluding hydrogens is 251 g/mol. The molecule has 0 saturated heterocycles. The van der Waals surface area contributed by atoms with Crippen molar-refractivity contribution in [3.05, 3.63) is 14.2 Å². The lowest BCUT2D eigenvalue weighted by Gasteiger charge is -1.87. The van der Waals surface area contributed by atoms with Gasteiger partial charge in [-0.3, -0.25) is 9.55 Å². The summed E-state index contributed by atoms with van der Waals surface area (Å²) in [5.74, 6) is 0. The van der Waals surface area contributed by atoms with Gasteiger partial charge in [-0.2, -0.15) is 0 Å². The lowest BCUT2D eigenvalue weighted by molar-refractivity contribution is 0.786. The number of hydrogen-bond donors (Lipinski definition) is 2. The van der Waals surface area contributed by atoms with Gasteiger partial charge in [-0.25, -0.2) is 4.79 Å². The molecule has 0 aliphatic rings. The largest absolute Gasteiger partial charge is 0.326 e. The second kappa shape index (κ2) is 2.37. The van der Waals surface area contributed by atoms with Crippen LogP contribution in [0.5, 0.6) is 0 Å². The predicted molar refractivity (Wildman–Crippen MR) is 46.0 cm³/mol. The molecule has 0 unspecified atom stereocenters. The molecule has 0 aromatic carbocycles. The van der Waals surface area contributed by atoms with Crippen molar-refractivity contribution >= 4 is 35.2 Å². The summed E-state index contributed by atoms with van der Waals surface area (Å²) in [7, 11) is 1.67. The zero-order valence-electron chi connectivity index (χ0n) is 4.68. The van der Waals surface area contributed by atoms with Gasteiger partial charge in [-0.05, 0) is 22.6 Å². The maximum absolute atomic E-state index is 10.7. The average Bonchev–Trinajstić information content (AvgIpc) is 1.98. The van der Waals surface area contributed by atoms with Crippen LogP contribution in [0.1, 0.15) is 0 Å². The van der Waals surface area contributed by atoms with Crippen LogP contribution in [0.3, 0.4) is 0 Å². The van der Waals surface area contributed by atoms with E-state index in [2.05, 4.69) is 17.6 Å². The Hall–Kier alpha value is 0.0900. The second-order valence-corrected chi connectivity index (χ2v) is 3.13. The number of hydrogen-bond acceptors (Lipinski definition) is 2. The summed E-state index contributed by atoms with van der Waals surface area (Å²) >= 11 is 6.07. The summed E-state index contributed by atoms with van der Waals surface area (Å²) in [5, 5.41) is 0.681. The number of H-pyrrole nitrogens is 1. The van der Waals surface area contributed by atoms with Gasteiger partial charge in [0.05, 0.1) is 0 Å². The van der Waals surface area contributed by atoms with Crippen molar-refractivity contribution in [1.82, 2.24) is 9.55 Å². The highest BCUT2D eigenvalue weighted by Crippen LogP contribution is 2.09. The van der Waals surface area contributed by atoms with Gasteiger partial charge in [0.25, 0.3) is 0 Å². The number of imidazole rings is 1. The topological polar surface area (TPSA) is 37.8 Å². The molecule has 1 aromatic rings. The Kier molecular flexibility index (Phi) is 1.90. The molecule has 0 radical (unpaired) electrons. The van der Waals surface area contributed by atoms with Crippen LogP contribution in [-0.2, 0) is 7.05 Å². The summed E-state index contributed by atoms with van der Waals surface area (Å²) in [6.07, 6.45) is 0. The fourth-order valence-electron chi connectivity index (χ4n) is 0.477. The van der Waals surface area contributed by atoms with E-state index in [1.165, 1.54) is 4.57 Å². The zero-order valence-corrected chi connectivity index (χ0v) is 7.73. The van der Waals surface area contributed by atoms with E-state index in [-0.39, 0.29) is 5.69 Å². The number of thiol groups is 1. The van der Waals surface area contributed by atoms with Crippen LogP contribution in [0.4, 0.5) is 0 Å². The number of nitrogens with one attached hydrogen (secondary N) is 1. The van der Waals surface area contributed by atoms with Gasteiger partial charge in [-0.15, -0.1) is 12.6 Å². The van der Waals surface area contributed by atoms with Gasteiger partial charge in [0, 0.05) is 7.05 Å². The molecule has 0 atom stereocenters. The third-order valence-electron chi connectivity index (χ3n) is 1.04. The van der Waals surface area contributed by atoms with Crippen molar-refractivity contribution in [2.24, 2.45) is 7.05 Å². The summed E-state index contributed by atoms with van der Waals surface area (Å²) < 4.78 is 2.23. The van der Waals surface area contributed by atoms with Crippen molar-refractivity contribution in [2.75, 3.05) is 0 Å². The van der Waals surface area contributed by atoms with E-state index < -0.39 is 0 Å². The fraction of sp³-hybridized carbons (Fsp3) is 0.250. The molecule has 5 heteroatoms. The highest BCUT2D eigenvalue weighted by Gasteiger charge is 2.01. The standard InChI is InChI=1S/C4H5IN2OS/c1-7-3(9)2(5)6-4(7)8/h9H,1H3,(H,6,8). The first-order chi connectivity index (χ1) is 4.13. The van der Waals surface area contributed by atoms with E-state index >= 15 is 0 Å². The monoisotopic (exact) mass is 256 g/mol. The minimum absolute atomic E-state index is 0.121. The molecule has 1 rings (SSSR count). The highest BCUT2D eigenvalue weighted by atomic mass is 127. The fourth-order valence-corrected chi connectivity index (χ4v) is 1.22. The van der Waals surface area contributed by atoms with Crippen LogP contribution in [0.15, 0.2) is 9.82 Å². The third-order valence-corrected chi connectivity index (χ3v) is 2.77. The summed E-state index contributed by atoms with van der Waals surface area (Å²) in [6.45, 7) is 0. The van der Waals surface area contributed by atoms with Crippen molar-refractivity contribution in [3.63, 3.8) is 0 Å². The smallest absolute Gasteiger partial charge is 0.300 e. The molecule has 0 aliphatic heterocycles. The Bertz CT molecular complexity index is 277. The first-order valence-corrected chi connectivity index (χ1v) is 3.79. The molecular formula is C4H5IN2OS. The van der Waals surface area contributed by atoms with Gasteiger partial charge in [-0.1, -0.05) is 0 Å². The molecule has 50 valence electrons. The van der Waals surface area contributed by atoms with Gasteiger partial charge in [0.2, 0.25) is 0 Å². The molecule has 9 heavy (non-hydrogen) atoms. The molecule has 0 amide bonds. The van der Waals surface area contributed by atoms with Gasteiger partial charge >= 0.3 is 5.69 Å². The Morgan fingerprint density at radius 3 is 2.44 bits per heavy atom. The minimum atomic E-state index is -0.121. The molecule has 0 saturated carbocycles. The van der Waals surface area contributed by atoms with Crippen LogP contribution < -0.4 is 5.69 Å². The quantitative estimate of drug-likeness (QED) is 0.518. The number of aromatic nitrogens is 2. The average molecular weight is 256 g/mol. The Balaban J connectivity index is 3.47. The minimum Gasteiger partial charge on any atom is -0.300 e. The van der Waals surface area contributed by atoms with Crippen molar-refractivity contribution in [2.45, 2.75) is 5.03 Å². The summed E-state index contributed by atoms with van der Waals surface area (Å²) in [4.78, 5) is 13.3. The van der Waals surface area contributed by atoms with Gasteiger partial charge in [0.1, 0.15) is 8.73 Å². The predicted octanol–water partition coefficient (Wildman–Crippen LogP) is 0.607. The van der Waals surface area contributed by atoms with E-state index in [1.54, 1.807) is 7.05 Å². The lowest BCUT2D eigenvalue weighted by Crippen LogP contribution is -2.12. The van der Waals surface area contributed by atoms with Crippen molar-refractivity contribution in [3.8, 4) is 0 Å². The van der Waals surface area contributed by atoms with E-state index in [9.17, 15) is 4.79 Å². The molecule has 1 N–H and O–H groups in total. The van der Waals surface area contributed by atoms with Crippen LogP contribution in [0, 0.1) is 3.70 Å². The highest BCUT2D eigenvalue weighted by molar-refractivity contribution is 14.1. The van der Waals surface area contributed by atoms with Crippen LogP contribution in [0.25, 0.3) is 0 Å². The van der Waals surface area contributed by atoms with Gasteiger partial charge in [0.15, 0.2) is 0 Å². The molecule has 0 spiro atoms. The third kappa shape index (κ3) is 1.16. The number of rotatable bonds is 0. The first-order valence-electron chi connectivity index (χ1n) is 2.26. The normalized spacial score (nSPS) is 10.1. The summed E-state index contributed by atoms with van der Waals surface area (Å²) in [5.41, 5.74) is -0.121. The Morgan fingerprint density at radius 1 is 1.78 bits per heavy atom. The number of nitrogens with zero attached hydrogens (tertiary/aromatic N) is 1. The Labute approximate surface area is 71.0 Å². The maximum Gasteiger partial charge on any atom is 0.326 e. The van der Waals surface area contributed by atoms with Crippen molar-refractivity contribution < 1.29 is 0 Å². The SMILES string of the molecule is Cn1c(S)c(I)[nH]c1=O. The van der Waals surface area contributed by atoms with Crippen LogP contribution in [0.2, 0.25) is 0 Å². The van der Waals surface area contributed by atoms with E-state index in [0.717, 1.165) is 3.70 Å². The maximum atomic E-state index is 10.7. The lowest BCUT2D eigenvalue weighted by atomic mass is 10.9. The van der Waals surface area contributed by atoms with E-state index in [4.69, 9.17) is 0 Å². The summed E-state index contributed by atoms with van der Waals surface area (Å²) in [6, 6.07) is 0. The first kappa shape index (κ1) is 7.20. The van der Waals surface area contributed by atoms with E-state index in [0.29, 0.717) is 5.03 Å². The van der Waals surface area contributed by atoms with E-state index in [1.807, 2.05) is 22.6 Å². The Morgan fingerprint density at radius 2 is 2.33 bits per heavy atom. The number of halogens is 1. The van der Waals surface area contributed by atoms with Crippen molar-refractivity contribution in [1.29, 1.82) is 0 Å². The molecule has 1 aromatic heterocycles.